The minimum Gasteiger partial charge on any atom is -0.394 e. The zero-order valence-corrected chi connectivity index (χ0v) is 19.0. The van der Waals surface area contributed by atoms with Crippen molar-refractivity contribution in [2.75, 3.05) is 13.7 Å². The number of para-hydroxylation sites is 1. The quantitative estimate of drug-likeness (QED) is 0.516. The Kier molecular flexibility index (Phi) is 6.46. The topological polar surface area (TPSA) is 129 Å². The van der Waals surface area contributed by atoms with Gasteiger partial charge in [0.1, 0.15) is 18.2 Å². The van der Waals surface area contributed by atoms with Crippen molar-refractivity contribution < 1.29 is 19.5 Å². The molecule has 1 fully saturated rings. The first-order chi connectivity index (χ1) is 15.9. The highest BCUT2D eigenvalue weighted by Gasteiger charge is 2.57. The fourth-order valence-electron chi connectivity index (χ4n) is 5.21. The number of benzene rings is 1. The molecule has 4 rings (SSSR count). The second kappa shape index (κ2) is 9.30. The molecule has 0 unspecified atom stereocenters. The fraction of sp³-hybridized carbons (Fsp3) is 0.522. The van der Waals surface area contributed by atoms with Crippen molar-refractivity contribution in [2.45, 2.75) is 39.0 Å². The first kappa shape index (κ1) is 22.9. The molecule has 1 aromatic carbocycles. The van der Waals surface area contributed by atoms with Crippen LogP contribution < -0.4 is 10.6 Å². The van der Waals surface area contributed by atoms with Gasteiger partial charge in [0, 0.05) is 13.0 Å². The number of nitrogens with one attached hydrogen (secondary N) is 2. The molecule has 6 atom stereocenters. The zero-order chi connectivity index (χ0) is 23.7. The van der Waals surface area contributed by atoms with Gasteiger partial charge in [0.2, 0.25) is 17.7 Å². The average Bonchev–Trinajstić information content (AvgIpc) is 3.37. The highest BCUT2D eigenvalue weighted by atomic mass is 16.3. The molecule has 0 radical (unpaired) electrons. The van der Waals surface area contributed by atoms with Gasteiger partial charge >= 0.3 is 0 Å². The number of allylic oxidation sites excluding steroid dienone is 1. The summed E-state index contributed by atoms with van der Waals surface area (Å²) in [7, 11) is 1.55. The van der Waals surface area contributed by atoms with E-state index in [-0.39, 0.29) is 36.9 Å². The summed E-state index contributed by atoms with van der Waals surface area (Å²) in [6.45, 7) is 3.59. The number of amides is 3. The number of aliphatic hydroxyl groups is 1. The van der Waals surface area contributed by atoms with Gasteiger partial charge in [-0.15, -0.1) is 5.10 Å². The first-order valence-electron chi connectivity index (χ1n) is 11.3. The third kappa shape index (κ3) is 3.88. The number of aliphatic hydroxyl groups excluding tert-OH is 1. The largest absolute Gasteiger partial charge is 0.394 e. The van der Waals surface area contributed by atoms with Crippen LogP contribution in [0.15, 0.2) is 36.4 Å². The van der Waals surface area contributed by atoms with Gasteiger partial charge in [-0.3, -0.25) is 14.4 Å². The second-order valence-corrected chi connectivity index (χ2v) is 8.70. The highest BCUT2D eigenvalue weighted by Crippen LogP contribution is 2.44. The summed E-state index contributed by atoms with van der Waals surface area (Å²) in [5.41, 5.74) is 1.50. The Morgan fingerprint density at radius 2 is 1.97 bits per heavy atom. The molecular formula is C23H30N6O4. The van der Waals surface area contributed by atoms with Crippen molar-refractivity contribution in [1.82, 2.24) is 30.5 Å². The summed E-state index contributed by atoms with van der Waals surface area (Å²) < 4.78 is 1.58. The first-order valence-corrected chi connectivity index (χ1v) is 11.3. The minimum absolute atomic E-state index is 0.0875. The number of rotatable bonds is 7. The van der Waals surface area contributed by atoms with E-state index >= 15 is 0 Å². The molecule has 1 aromatic heterocycles. The van der Waals surface area contributed by atoms with Gasteiger partial charge in [-0.1, -0.05) is 43.3 Å². The fourth-order valence-corrected chi connectivity index (χ4v) is 5.21. The van der Waals surface area contributed by atoms with E-state index in [9.17, 15) is 19.5 Å². The Morgan fingerprint density at radius 1 is 1.21 bits per heavy atom. The lowest BCUT2D eigenvalue weighted by Gasteiger charge is -2.33. The molecule has 0 saturated carbocycles. The Labute approximate surface area is 192 Å². The van der Waals surface area contributed by atoms with E-state index in [1.807, 2.05) is 50.3 Å². The van der Waals surface area contributed by atoms with Crippen LogP contribution in [0.3, 0.4) is 0 Å². The number of aromatic nitrogens is 3. The lowest BCUT2D eigenvalue weighted by atomic mass is 9.70. The van der Waals surface area contributed by atoms with Crippen LogP contribution in [0.2, 0.25) is 0 Å². The molecule has 3 N–H and O–H groups in total. The normalized spacial score (nSPS) is 27.5. The Morgan fingerprint density at radius 3 is 2.67 bits per heavy atom. The predicted octanol–water partition coefficient (Wildman–Crippen LogP) is 0.287. The summed E-state index contributed by atoms with van der Waals surface area (Å²) in [4.78, 5) is 41.2. The number of carbonyl (C=O) groups is 3. The predicted molar refractivity (Wildman–Crippen MR) is 120 cm³/mol. The van der Waals surface area contributed by atoms with Crippen molar-refractivity contribution in [2.24, 2.45) is 23.7 Å². The summed E-state index contributed by atoms with van der Waals surface area (Å²) >= 11 is 0. The molecule has 0 spiro atoms. The lowest BCUT2D eigenvalue weighted by Crippen LogP contribution is -2.52. The van der Waals surface area contributed by atoms with Crippen LogP contribution in [-0.4, -0.2) is 68.5 Å². The maximum absolute atomic E-state index is 13.6. The summed E-state index contributed by atoms with van der Waals surface area (Å²) in [5.74, 6) is -2.68. The smallest absolute Gasteiger partial charge is 0.244 e. The molecule has 0 bridgehead atoms. The summed E-state index contributed by atoms with van der Waals surface area (Å²) in [5, 5.41) is 23.7. The number of fused-ring (bicyclic) bond motifs is 2. The van der Waals surface area contributed by atoms with Crippen LogP contribution in [0.5, 0.6) is 0 Å². The number of likely N-dealkylation sites (tertiary alicyclic amines) is 1. The van der Waals surface area contributed by atoms with Crippen LogP contribution in [0.4, 0.5) is 0 Å². The molecule has 176 valence electrons. The highest BCUT2D eigenvalue weighted by molar-refractivity contribution is 5.97. The van der Waals surface area contributed by atoms with E-state index in [1.54, 1.807) is 11.7 Å². The van der Waals surface area contributed by atoms with Crippen molar-refractivity contribution in [1.29, 1.82) is 0 Å². The van der Waals surface area contributed by atoms with E-state index in [2.05, 4.69) is 20.9 Å². The number of hydrogen-bond donors (Lipinski definition) is 3. The Bertz CT molecular complexity index is 1080. The Balaban J connectivity index is 1.64. The third-order valence-corrected chi connectivity index (χ3v) is 6.93. The van der Waals surface area contributed by atoms with E-state index in [0.717, 1.165) is 5.52 Å². The van der Waals surface area contributed by atoms with Crippen molar-refractivity contribution in [3.8, 4) is 0 Å². The molecule has 3 amide bonds. The van der Waals surface area contributed by atoms with E-state index in [0.29, 0.717) is 11.9 Å². The zero-order valence-electron chi connectivity index (χ0n) is 19.0. The van der Waals surface area contributed by atoms with Crippen molar-refractivity contribution >= 4 is 28.8 Å². The average molecular weight is 455 g/mol. The summed E-state index contributed by atoms with van der Waals surface area (Å²) in [6.07, 6.45) is 4.28. The van der Waals surface area contributed by atoms with Crippen LogP contribution in [-0.2, 0) is 21.1 Å². The van der Waals surface area contributed by atoms with Gasteiger partial charge in [0.15, 0.2) is 0 Å². The number of carbonyl (C=O) groups excluding carboxylic acids is 3. The lowest BCUT2D eigenvalue weighted by molar-refractivity contribution is -0.143. The molecule has 33 heavy (non-hydrogen) atoms. The second-order valence-electron chi connectivity index (χ2n) is 8.70. The molecule has 1 aliphatic carbocycles. The molecular weight excluding hydrogens is 424 g/mol. The summed E-state index contributed by atoms with van der Waals surface area (Å²) in [6, 6.07) is 6.09. The molecule has 2 aromatic rings. The van der Waals surface area contributed by atoms with Gasteiger partial charge in [-0.25, -0.2) is 4.68 Å². The minimum atomic E-state index is -0.828. The van der Waals surface area contributed by atoms with Crippen molar-refractivity contribution in [3.05, 3.63) is 36.4 Å². The van der Waals surface area contributed by atoms with Gasteiger partial charge in [0.05, 0.1) is 30.0 Å². The molecule has 10 nitrogen and oxygen atoms in total. The van der Waals surface area contributed by atoms with Crippen LogP contribution in [0.25, 0.3) is 11.0 Å². The van der Waals surface area contributed by atoms with Crippen molar-refractivity contribution in [3.63, 3.8) is 0 Å². The number of hydrogen-bond acceptors (Lipinski definition) is 6. The standard InChI is InChI=1S/C23H30N6O4/c1-4-14(11-30)29-20(15-10-9-13(2)18(21(31)24-3)19(15)23(29)33)22(32)25-12-28-17-8-6-5-7-16(17)26-27-28/h5-10,13-15,18-20,30H,4,11-12H2,1-3H3,(H,24,31)(H,25,32)/t13-,14+,15+,18-,19+,20+/m1/s1. The monoisotopic (exact) mass is 454 g/mol. The van der Waals surface area contributed by atoms with E-state index in [4.69, 9.17) is 0 Å². The number of nitrogens with zero attached hydrogens (tertiary/aromatic N) is 4. The SMILES string of the molecule is CC[C@@H](CO)N1C(=O)[C@H]2[C@H](C=C[C@@H](C)[C@H]2C(=O)NC)[C@H]1C(=O)NCn1nnc2ccccc21. The van der Waals surface area contributed by atoms with Crippen LogP contribution in [0, 0.1) is 23.7 Å². The Hall–Kier alpha value is -3.27. The van der Waals surface area contributed by atoms with Gasteiger partial charge in [0.25, 0.3) is 0 Å². The van der Waals surface area contributed by atoms with E-state index < -0.39 is 29.8 Å². The van der Waals surface area contributed by atoms with Gasteiger partial charge < -0.3 is 20.6 Å². The molecule has 2 aliphatic rings. The third-order valence-electron chi connectivity index (χ3n) is 6.93. The molecule has 1 saturated heterocycles. The van der Waals surface area contributed by atoms with Crippen LogP contribution >= 0.6 is 0 Å². The van der Waals surface area contributed by atoms with Gasteiger partial charge in [-0.05, 0) is 24.5 Å². The molecule has 1 aliphatic heterocycles. The molecule has 10 heteroatoms. The van der Waals surface area contributed by atoms with Crippen LogP contribution in [0.1, 0.15) is 20.3 Å². The maximum atomic E-state index is 13.6. The maximum Gasteiger partial charge on any atom is 0.244 e. The molecule has 2 heterocycles. The van der Waals surface area contributed by atoms with Gasteiger partial charge in [-0.2, -0.15) is 0 Å². The van der Waals surface area contributed by atoms with E-state index in [1.165, 1.54) is 4.90 Å².